The predicted octanol–water partition coefficient (Wildman–Crippen LogP) is 2.17. The molecule has 0 N–H and O–H groups in total. The van der Waals surface area contributed by atoms with Gasteiger partial charge < -0.3 is 14.6 Å². The standard InChI is InChI=1S/C17H26N2O/c1-17(14-20,15-8-5-4-6-9-15)13-18(2)12-16-10-7-11-19(16)3/h4-6,8-9,14,16H,7,10-13H2,1-3H3. The second kappa shape index (κ2) is 6.51. The fourth-order valence-electron chi connectivity index (χ4n) is 3.21. The number of hydrogen-bond donors (Lipinski definition) is 0. The second-order valence-electron chi connectivity index (χ2n) is 6.37. The maximum absolute atomic E-state index is 11.6. The molecule has 110 valence electrons. The largest absolute Gasteiger partial charge is 0.304 e. The normalized spacial score (nSPS) is 22.9. The number of likely N-dealkylation sites (N-methyl/N-ethyl adjacent to an activating group) is 2. The Hall–Kier alpha value is -1.19. The van der Waals surface area contributed by atoms with Crippen LogP contribution in [-0.4, -0.2) is 55.9 Å². The van der Waals surface area contributed by atoms with Crippen LogP contribution in [0, 0.1) is 0 Å². The molecule has 1 aromatic rings. The number of aldehydes is 1. The van der Waals surface area contributed by atoms with Crippen LogP contribution in [0.15, 0.2) is 30.3 Å². The van der Waals surface area contributed by atoms with Crippen molar-refractivity contribution in [3.63, 3.8) is 0 Å². The van der Waals surface area contributed by atoms with Crippen molar-refractivity contribution in [2.75, 3.05) is 33.7 Å². The number of nitrogens with zero attached hydrogens (tertiary/aromatic N) is 2. The van der Waals surface area contributed by atoms with Gasteiger partial charge in [-0.05, 0) is 46.0 Å². The molecule has 2 atom stereocenters. The summed E-state index contributed by atoms with van der Waals surface area (Å²) in [6, 6.07) is 10.7. The van der Waals surface area contributed by atoms with Crippen molar-refractivity contribution in [3.8, 4) is 0 Å². The SMILES string of the molecule is CN(CC1CCCN1C)CC(C)(C=O)c1ccccc1. The van der Waals surface area contributed by atoms with Gasteiger partial charge in [-0.3, -0.25) is 0 Å². The van der Waals surface area contributed by atoms with Crippen LogP contribution < -0.4 is 0 Å². The topological polar surface area (TPSA) is 23.6 Å². The van der Waals surface area contributed by atoms with E-state index in [2.05, 4.69) is 23.9 Å². The van der Waals surface area contributed by atoms with E-state index >= 15 is 0 Å². The van der Waals surface area contributed by atoms with Crippen molar-refractivity contribution >= 4 is 6.29 Å². The third kappa shape index (κ3) is 3.47. The zero-order valence-corrected chi connectivity index (χ0v) is 12.9. The average Bonchev–Trinajstić information content (AvgIpc) is 2.85. The molecule has 0 radical (unpaired) electrons. The van der Waals surface area contributed by atoms with E-state index in [0.29, 0.717) is 6.04 Å². The Bertz CT molecular complexity index is 434. The minimum atomic E-state index is -0.423. The fourth-order valence-corrected chi connectivity index (χ4v) is 3.21. The Balaban J connectivity index is 2.00. The van der Waals surface area contributed by atoms with Gasteiger partial charge in [0.05, 0.1) is 5.41 Å². The number of rotatable bonds is 6. The Kier molecular flexibility index (Phi) is 4.95. The second-order valence-corrected chi connectivity index (χ2v) is 6.37. The quantitative estimate of drug-likeness (QED) is 0.743. The van der Waals surface area contributed by atoms with Crippen molar-refractivity contribution in [2.45, 2.75) is 31.2 Å². The molecular formula is C17H26N2O. The summed E-state index contributed by atoms with van der Waals surface area (Å²) in [6.45, 7) is 5.03. The molecule has 1 fully saturated rings. The van der Waals surface area contributed by atoms with Gasteiger partial charge in [0, 0.05) is 19.1 Å². The summed E-state index contributed by atoms with van der Waals surface area (Å²) in [7, 11) is 4.32. The molecule has 1 aromatic carbocycles. The minimum absolute atomic E-state index is 0.423. The van der Waals surface area contributed by atoms with Gasteiger partial charge in [-0.15, -0.1) is 0 Å². The Morgan fingerprint density at radius 3 is 2.65 bits per heavy atom. The van der Waals surface area contributed by atoms with Crippen LogP contribution in [0.5, 0.6) is 0 Å². The lowest BCUT2D eigenvalue weighted by atomic mass is 9.83. The molecule has 3 nitrogen and oxygen atoms in total. The first-order valence-corrected chi connectivity index (χ1v) is 7.46. The Labute approximate surface area is 122 Å². The number of likely N-dealkylation sites (tertiary alicyclic amines) is 1. The summed E-state index contributed by atoms with van der Waals surface area (Å²) < 4.78 is 0. The lowest BCUT2D eigenvalue weighted by Gasteiger charge is -2.32. The van der Waals surface area contributed by atoms with Gasteiger partial charge in [-0.25, -0.2) is 0 Å². The first kappa shape index (κ1) is 15.2. The summed E-state index contributed by atoms with van der Waals surface area (Å²) in [6.07, 6.45) is 3.65. The lowest BCUT2D eigenvalue weighted by Crippen LogP contribution is -2.43. The van der Waals surface area contributed by atoms with Crippen molar-refractivity contribution in [1.82, 2.24) is 9.80 Å². The van der Waals surface area contributed by atoms with Crippen molar-refractivity contribution in [2.24, 2.45) is 0 Å². The number of carbonyl (C=O) groups excluding carboxylic acids is 1. The molecule has 3 heteroatoms. The van der Waals surface area contributed by atoms with E-state index in [1.807, 2.05) is 37.3 Å². The summed E-state index contributed by atoms with van der Waals surface area (Å²) in [5, 5.41) is 0. The van der Waals surface area contributed by atoms with E-state index in [4.69, 9.17) is 0 Å². The molecule has 0 bridgehead atoms. The fraction of sp³-hybridized carbons (Fsp3) is 0.588. The van der Waals surface area contributed by atoms with Crippen LogP contribution in [0.3, 0.4) is 0 Å². The van der Waals surface area contributed by atoms with Gasteiger partial charge in [-0.1, -0.05) is 30.3 Å². The van der Waals surface area contributed by atoms with E-state index in [0.717, 1.165) is 24.9 Å². The molecule has 2 unspecified atom stereocenters. The van der Waals surface area contributed by atoms with Crippen LogP contribution in [0.25, 0.3) is 0 Å². The van der Waals surface area contributed by atoms with Crippen molar-refractivity contribution < 1.29 is 4.79 Å². The molecule has 0 saturated carbocycles. The van der Waals surface area contributed by atoms with Gasteiger partial charge in [0.15, 0.2) is 0 Å². The third-order valence-corrected chi connectivity index (χ3v) is 4.49. The van der Waals surface area contributed by atoms with E-state index in [1.54, 1.807) is 0 Å². The third-order valence-electron chi connectivity index (χ3n) is 4.49. The van der Waals surface area contributed by atoms with Crippen molar-refractivity contribution in [1.29, 1.82) is 0 Å². The van der Waals surface area contributed by atoms with E-state index in [-0.39, 0.29) is 0 Å². The van der Waals surface area contributed by atoms with Crippen LogP contribution in [-0.2, 0) is 10.2 Å². The molecule has 1 saturated heterocycles. The highest BCUT2D eigenvalue weighted by molar-refractivity contribution is 5.68. The first-order chi connectivity index (χ1) is 9.55. The Morgan fingerprint density at radius 1 is 1.40 bits per heavy atom. The summed E-state index contributed by atoms with van der Waals surface area (Å²) in [4.78, 5) is 16.4. The highest BCUT2D eigenvalue weighted by Crippen LogP contribution is 2.23. The van der Waals surface area contributed by atoms with Gasteiger partial charge in [0.1, 0.15) is 6.29 Å². The smallest absolute Gasteiger partial charge is 0.131 e. The van der Waals surface area contributed by atoms with E-state index in [1.165, 1.54) is 19.4 Å². The van der Waals surface area contributed by atoms with Crippen LogP contribution in [0.2, 0.25) is 0 Å². The van der Waals surface area contributed by atoms with Gasteiger partial charge in [0.2, 0.25) is 0 Å². The summed E-state index contributed by atoms with van der Waals surface area (Å²) in [5.74, 6) is 0. The monoisotopic (exact) mass is 274 g/mol. The predicted molar refractivity (Wildman–Crippen MR) is 83.0 cm³/mol. The number of carbonyl (C=O) groups is 1. The van der Waals surface area contributed by atoms with Gasteiger partial charge in [-0.2, -0.15) is 0 Å². The minimum Gasteiger partial charge on any atom is -0.304 e. The number of hydrogen-bond acceptors (Lipinski definition) is 3. The van der Waals surface area contributed by atoms with Gasteiger partial charge >= 0.3 is 0 Å². The Morgan fingerprint density at radius 2 is 2.10 bits per heavy atom. The highest BCUT2D eigenvalue weighted by atomic mass is 16.1. The highest BCUT2D eigenvalue weighted by Gasteiger charge is 2.29. The molecule has 1 heterocycles. The van der Waals surface area contributed by atoms with Gasteiger partial charge in [0.25, 0.3) is 0 Å². The molecular weight excluding hydrogens is 248 g/mol. The maximum Gasteiger partial charge on any atom is 0.131 e. The van der Waals surface area contributed by atoms with Crippen LogP contribution >= 0.6 is 0 Å². The molecule has 0 amide bonds. The molecule has 0 aromatic heterocycles. The molecule has 1 aliphatic rings. The lowest BCUT2D eigenvalue weighted by molar-refractivity contribution is -0.112. The molecule has 20 heavy (non-hydrogen) atoms. The average molecular weight is 274 g/mol. The molecule has 2 rings (SSSR count). The summed E-state index contributed by atoms with van der Waals surface area (Å²) >= 11 is 0. The van der Waals surface area contributed by atoms with Crippen LogP contribution in [0.4, 0.5) is 0 Å². The van der Waals surface area contributed by atoms with E-state index < -0.39 is 5.41 Å². The first-order valence-electron chi connectivity index (χ1n) is 7.46. The molecule has 0 spiro atoms. The van der Waals surface area contributed by atoms with Crippen LogP contribution in [0.1, 0.15) is 25.3 Å². The number of benzene rings is 1. The molecule has 1 aliphatic heterocycles. The summed E-state index contributed by atoms with van der Waals surface area (Å²) in [5.41, 5.74) is 0.675. The van der Waals surface area contributed by atoms with Crippen molar-refractivity contribution in [3.05, 3.63) is 35.9 Å². The zero-order valence-electron chi connectivity index (χ0n) is 12.9. The van der Waals surface area contributed by atoms with E-state index in [9.17, 15) is 4.79 Å². The maximum atomic E-state index is 11.6. The molecule has 0 aliphatic carbocycles. The zero-order chi connectivity index (χ0) is 14.6.